The van der Waals surface area contributed by atoms with Gasteiger partial charge in [0.05, 0.1) is 11.1 Å². The molecule has 4 rings (SSSR count). The molecular formula is C29H31ClF2N6O6. The Hall–Kier alpha value is -4.72. The minimum atomic E-state index is -1.06. The molecular weight excluding hydrogens is 602 g/mol. The molecule has 1 aromatic heterocycles. The number of pyridine rings is 1. The van der Waals surface area contributed by atoms with Gasteiger partial charge in [-0.05, 0) is 54.1 Å². The zero-order valence-electron chi connectivity index (χ0n) is 23.7. The number of fused-ring (bicyclic) bond motifs is 1. The van der Waals surface area contributed by atoms with Gasteiger partial charge >= 0.3 is 18.2 Å². The topological polar surface area (TPSA) is 153 Å². The highest BCUT2D eigenvalue weighted by atomic mass is 35.5. The van der Waals surface area contributed by atoms with E-state index in [1.54, 1.807) is 12.1 Å². The number of amides is 5. The molecule has 0 aliphatic carbocycles. The number of carbonyl (C=O) groups is 4. The Morgan fingerprint density at radius 2 is 1.98 bits per heavy atom. The molecule has 3 aromatic rings. The van der Waals surface area contributed by atoms with Gasteiger partial charge in [0.1, 0.15) is 24.1 Å². The fourth-order valence-corrected chi connectivity index (χ4v) is 4.87. The monoisotopic (exact) mass is 632 g/mol. The lowest BCUT2D eigenvalue weighted by atomic mass is 10.1. The van der Waals surface area contributed by atoms with Gasteiger partial charge in [0.2, 0.25) is 5.91 Å². The summed E-state index contributed by atoms with van der Waals surface area (Å²) < 4.78 is 32.8. The smallest absolute Gasteiger partial charge is 0.412 e. The molecule has 0 spiro atoms. The molecule has 5 amide bonds. The Kier molecular flexibility index (Phi) is 10.7. The van der Waals surface area contributed by atoms with Gasteiger partial charge in [0, 0.05) is 50.7 Å². The van der Waals surface area contributed by atoms with E-state index in [9.17, 15) is 28.0 Å². The molecule has 0 saturated carbocycles. The Morgan fingerprint density at radius 1 is 1.18 bits per heavy atom. The van der Waals surface area contributed by atoms with Crippen LogP contribution >= 0.6 is 11.6 Å². The molecule has 1 aliphatic rings. The number of likely N-dealkylation sites (tertiary alicyclic amines) is 1. The SMILES string of the molecule is CN(C(=O)NCc1cccc(F)c1Cl)[C@@H](CCC(=O)NC1CCN(C(=O)O)C1)COC(=O)Nc1cc2cc(F)ccc2cn1. The number of ether oxygens (including phenoxy) is 1. The third kappa shape index (κ3) is 8.66. The molecule has 234 valence electrons. The predicted molar refractivity (Wildman–Crippen MR) is 157 cm³/mol. The Balaban J connectivity index is 1.37. The second-order valence-electron chi connectivity index (χ2n) is 10.2. The number of likely N-dealkylation sites (N-methyl/N-ethyl adjacent to an activating group) is 1. The third-order valence-corrected chi connectivity index (χ3v) is 7.60. The summed E-state index contributed by atoms with van der Waals surface area (Å²) in [4.78, 5) is 56.0. The third-order valence-electron chi connectivity index (χ3n) is 7.18. The van der Waals surface area contributed by atoms with Crippen molar-refractivity contribution in [2.75, 3.05) is 32.1 Å². The van der Waals surface area contributed by atoms with E-state index in [2.05, 4.69) is 20.9 Å². The van der Waals surface area contributed by atoms with E-state index in [-0.39, 0.29) is 55.3 Å². The fourth-order valence-electron chi connectivity index (χ4n) is 4.68. The van der Waals surface area contributed by atoms with E-state index in [1.807, 2.05) is 0 Å². The Morgan fingerprint density at radius 3 is 2.73 bits per heavy atom. The number of hydrogen-bond acceptors (Lipinski definition) is 6. The van der Waals surface area contributed by atoms with Gasteiger partial charge in [-0.3, -0.25) is 10.1 Å². The zero-order chi connectivity index (χ0) is 31.8. The average molecular weight is 633 g/mol. The molecule has 2 atom stereocenters. The summed E-state index contributed by atoms with van der Waals surface area (Å²) in [5.74, 6) is -1.31. The molecule has 1 aliphatic heterocycles. The van der Waals surface area contributed by atoms with Crippen LogP contribution in [0, 0.1) is 11.6 Å². The summed E-state index contributed by atoms with van der Waals surface area (Å²) in [6.45, 7) is 0.103. The van der Waals surface area contributed by atoms with Crippen molar-refractivity contribution in [3.8, 4) is 0 Å². The molecule has 2 aromatic carbocycles. The summed E-state index contributed by atoms with van der Waals surface area (Å²) >= 11 is 5.98. The summed E-state index contributed by atoms with van der Waals surface area (Å²) in [5.41, 5.74) is 0.356. The van der Waals surface area contributed by atoms with Crippen LogP contribution in [0.5, 0.6) is 0 Å². The van der Waals surface area contributed by atoms with E-state index < -0.39 is 35.9 Å². The first-order chi connectivity index (χ1) is 21.0. The molecule has 0 bridgehead atoms. The van der Waals surface area contributed by atoms with Gasteiger partial charge < -0.3 is 30.3 Å². The summed E-state index contributed by atoms with van der Waals surface area (Å²) in [5, 5.41) is 18.1. The Labute approximate surface area is 256 Å². The molecule has 0 radical (unpaired) electrons. The van der Waals surface area contributed by atoms with Crippen molar-refractivity contribution in [2.45, 2.75) is 37.9 Å². The van der Waals surface area contributed by atoms with Crippen LogP contribution in [0.4, 0.5) is 29.0 Å². The lowest BCUT2D eigenvalue weighted by Crippen LogP contribution is -2.46. The molecule has 1 saturated heterocycles. The van der Waals surface area contributed by atoms with E-state index in [0.717, 1.165) is 0 Å². The van der Waals surface area contributed by atoms with Crippen molar-refractivity contribution in [2.24, 2.45) is 0 Å². The minimum Gasteiger partial charge on any atom is -0.465 e. The van der Waals surface area contributed by atoms with Crippen LogP contribution in [0.15, 0.2) is 48.7 Å². The normalized spacial score (nSPS) is 15.0. The number of benzene rings is 2. The van der Waals surface area contributed by atoms with Gasteiger partial charge in [-0.25, -0.2) is 28.1 Å². The maximum atomic E-state index is 13.8. The van der Waals surface area contributed by atoms with Crippen molar-refractivity contribution >= 4 is 52.3 Å². The van der Waals surface area contributed by atoms with Crippen LogP contribution in [-0.2, 0) is 16.1 Å². The molecule has 15 heteroatoms. The van der Waals surface area contributed by atoms with Gasteiger partial charge in [-0.15, -0.1) is 0 Å². The van der Waals surface area contributed by atoms with Gasteiger partial charge in [-0.2, -0.15) is 0 Å². The van der Waals surface area contributed by atoms with Crippen LogP contribution in [0.1, 0.15) is 24.8 Å². The number of carboxylic acid groups (broad SMARTS) is 1. The van der Waals surface area contributed by atoms with E-state index in [1.165, 1.54) is 53.4 Å². The number of nitrogens with zero attached hydrogens (tertiary/aromatic N) is 3. The molecule has 4 N–H and O–H groups in total. The van der Waals surface area contributed by atoms with Crippen LogP contribution in [0.2, 0.25) is 5.02 Å². The van der Waals surface area contributed by atoms with Gasteiger partial charge in [0.15, 0.2) is 0 Å². The Bertz CT molecular complexity index is 1550. The summed E-state index contributed by atoms with van der Waals surface area (Å²) in [6.07, 6.45) is 0.0370. The predicted octanol–water partition coefficient (Wildman–Crippen LogP) is 4.57. The first kappa shape index (κ1) is 32.2. The van der Waals surface area contributed by atoms with E-state index in [0.29, 0.717) is 29.3 Å². The highest BCUT2D eigenvalue weighted by Gasteiger charge is 2.28. The maximum absolute atomic E-state index is 13.8. The van der Waals surface area contributed by atoms with Crippen molar-refractivity contribution in [3.63, 3.8) is 0 Å². The number of rotatable bonds is 10. The lowest BCUT2D eigenvalue weighted by molar-refractivity contribution is -0.122. The van der Waals surface area contributed by atoms with Crippen LogP contribution in [0.3, 0.4) is 0 Å². The van der Waals surface area contributed by atoms with Crippen molar-refractivity contribution < 1.29 is 37.8 Å². The standard InChI is InChI=1S/C29H31ClF2N6O6/c1-37(27(40)34-14-18-3-2-4-23(32)26(18)30)22(7-8-25(39)35-21-9-10-38(15-21)29(42)43)16-44-28(41)36-24-12-19-11-20(31)6-5-17(19)13-33-24/h2-6,11-13,21-22H,7-10,14-16H2,1H3,(H,34,40)(H,35,39)(H,42,43)(H,33,36,41)/t21?,22-/m0/s1. The zero-order valence-corrected chi connectivity index (χ0v) is 24.4. The van der Waals surface area contributed by atoms with Gasteiger partial charge in [0.25, 0.3) is 0 Å². The summed E-state index contributed by atoms with van der Waals surface area (Å²) in [6, 6.07) is 8.14. The lowest BCUT2D eigenvalue weighted by Gasteiger charge is -2.28. The van der Waals surface area contributed by atoms with Crippen molar-refractivity contribution in [3.05, 3.63) is 70.9 Å². The van der Waals surface area contributed by atoms with Crippen molar-refractivity contribution in [1.82, 2.24) is 25.4 Å². The number of urea groups is 1. The highest BCUT2D eigenvalue weighted by molar-refractivity contribution is 6.31. The molecule has 1 unspecified atom stereocenters. The summed E-state index contributed by atoms with van der Waals surface area (Å²) in [7, 11) is 1.45. The van der Waals surface area contributed by atoms with Crippen LogP contribution in [0.25, 0.3) is 10.8 Å². The number of nitrogens with one attached hydrogen (secondary N) is 3. The van der Waals surface area contributed by atoms with E-state index >= 15 is 0 Å². The molecule has 2 heterocycles. The van der Waals surface area contributed by atoms with Gasteiger partial charge in [-0.1, -0.05) is 23.7 Å². The minimum absolute atomic E-state index is 0.0512. The second-order valence-corrected chi connectivity index (χ2v) is 10.6. The number of aromatic nitrogens is 1. The number of halogens is 3. The van der Waals surface area contributed by atoms with Crippen LogP contribution in [-0.4, -0.2) is 82.8 Å². The number of anilines is 1. The highest BCUT2D eigenvalue weighted by Crippen LogP contribution is 2.20. The second kappa shape index (κ2) is 14.6. The number of carbonyl (C=O) groups excluding carboxylic acids is 3. The molecule has 44 heavy (non-hydrogen) atoms. The van der Waals surface area contributed by atoms with Crippen LogP contribution < -0.4 is 16.0 Å². The van der Waals surface area contributed by atoms with Crippen molar-refractivity contribution in [1.29, 1.82) is 0 Å². The first-order valence-corrected chi connectivity index (χ1v) is 14.1. The molecule has 1 fully saturated rings. The van der Waals surface area contributed by atoms with E-state index in [4.69, 9.17) is 21.4 Å². The molecule has 12 nitrogen and oxygen atoms in total. The quantitative estimate of drug-likeness (QED) is 0.255. The largest absolute Gasteiger partial charge is 0.465 e. The average Bonchev–Trinajstić information content (AvgIpc) is 3.46. The first-order valence-electron chi connectivity index (χ1n) is 13.7. The fraction of sp³-hybridized carbons (Fsp3) is 0.345. The number of hydrogen-bond donors (Lipinski definition) is 4. The maximum Gasteiger partial charge on any atom is 0.412 e.